The van der Waals surface area contributed by atoms with E-state index in [0.717, 1.165) is 5.69 Å². The number of carbonyl (C=O) groups is 1. The van der Waals surface area contributed by atoms with Crippen LogP contribution in [0.3, 0.4) is 0 Å². The van der Waals surface area contributed by atoms with Gasteiger partial charge in [0.2, 0.25) is 11.3 Å². The van der Waals surface area contributed by atoms with Crippen LogP contribution >= 0.6 is 0 Å². The zero-order chi connectivity index (χ0) is 13.8. The molecule has 0 fully saturated rings. The highest BCUT2D eigenvalue weighted by molar-refractivity contribution is 5.75. The fourth-order valence-electron chi connectivity index (χ4n) is 1.62. The van der Waals surface area contributed by atoms with E-state index < -0.39 is 5.43 Å². The first-order valence-electron chi connectivity index (χ1n) is 5.71. The fraction of sp³-hybridized carbons (Fsp3) is 0.250. The van der Waals surface area contributed by atoms with Crippen LogP contribution in [0.4, 0.5) is 0 Å². The van der Waals surface area contributed by atoms with Crippen molar-refractivity contribution in [2.75, 3.05) is 0 Å². The average Bonchev–Trinajstić information content (AvgIpc) is 2.90. The van der Waals surface area contributed by atoms with Crippen LogP contribution in [0.15, 0.2) is 29.6 Å². The van der Waals surface area contributed by atoms with E-state index in [2.05, 4.69) is 15.3 Å². The minimum atomic E-state index is -0.452. The molecule has 0 aliphatic heterocycles. The molecule has 2 rings (SSSR count). The standard InChI is InChI=1S/C12H14N4O3/c1-8-12(19)10(17)2-3-16(8)6-11(18)14-5-9-4-13-7-15-9/h2-4,7,19H,5-6H2,1H3,(H,13,15)(H,14,18). The molecular weight excluding hydrogens is 248 g/mol. The summed E-state index contributed by atoms with van der Waals surface area (Å²) in [5, 5.41) is 12.2. The van der Waals surface area contributed by atoms with Crippen LogP contribution in [0.25, 0.3) is 0 Å². The summed E-state index contributed by atoms with van der Waals surface area (Å²) >= 11 is 0. The van der Waals surface area contributed by atoms with Crippen LogP contribution in [0.1, 0.15) is 11.4 Å². The molecule has 7 nitrogen and oxygen atoms in total. The second-order valence-corrected chi connectivity index (χ2v) is 4.10. The van der Waals surface area contributed by atoms with Gasteiger partial charge in [-0.15, -0.1) is 0 Å². The molecule has 1 amide bonds. The molecule has 3 N–H and O–H groups in total. The molecular formula is C12H14N4O3. The minimum absolute atomic E-state index is 0.0355. The molecule has 0 bridgehead atoms. The Morgan fingerprint density at radius 1 is 1.58 bits per heavy atom. The van der Waals surface area contributed by atoms with Gasteiger partial charge in [0.15, 0.2) is 5.75 Å². The Balaban J connectivity index is 1.99. The number of hydrogen-bond acceptors (Lipinski definition) is 4. The number of amides is 1. The number of rotatable bonds is 4. The van der Waals surface area contributed by atoms with Crippen LogP contribution in [-0.4, -0.2) is 25.5 Å². The summed E-state index contributed by atoms with van der Waals surface area (Å²) in [6.45, 7) is 1.97. The van der Waals surface area contributed by atoms with Gasteiger partial charge in [-0.1, -0.05) is 0 Å². The molecule has 0 aliphatic carbocycles. The van der Waals surface area contributed by atoms with E-state index >= 15 is 0 Å². The van der Waals surface area contributed by atoms with E-state index in [1.807, 2.05) is 0 Å². The van der Waals surface area contributed by atoms with E-state index in [0.29, 0.717) is 12.2 Å². The van der Waals surface area contributed by atoms with Crippen molar-refractivity contribution in [2.45, 2.75) is 20.0 Å². The molecule has 2 heterocycles. The number of carbonyl (C=O) groups excluding carboxylic acids is 1. The lowest BCUT2D eigenvalue weighted by Crippen LogP contribution is -2.28. The Bertz CT molecular complexity index is 631. The van der Waals surface area contributed by atoms with Gasteiger partial charge in [-0.25, -0.2) is 4.98 Å². The van der Waals surface area contributed by atoms with Gasteiger partial charge in [0.05, 0.1) is 24.3 Å². The maximum atomic E-state index is 11.7. The van der Waals surface area contributed by atoms with Crippen molar-refractivity contribution in [3.05, 3.63) is 46.4 Å². The maximum absolute atomic E-state index is 11.7. The number of aromatic hydroxyl groups is 1. The highest BCUT2D eigenvalue weighted by atomic mass is 16.3. The Morgan fingerprint density at radius 3 is 3.05 bits per heavy atom. The maximum Gasteiger partial charge on any atom is 0.240 e. The highest BCUT2D eigenvalue weighted by Crippen LogP contribution is 2.08. The van der Waals surface area contributed by atoms with E-state index in [4.69, 9.17) is 0 Å². The number of aromatic nitrogens is 3. The Labute approximate surface area is 108 Å². The number of aromatic amines is 1. The average molecular weight is 262 g/mol. The zero-order valence-corrected chi connectivity index (χ0v) is 10.4. The van der Waals surface area contributed by atoms with E-state index in [1.165, 1.54) is 23.2 Å². The molecule has 0 spiro atoms. The molecule has 0 unspecified atom stereocenters. The third-order valence-electron chi connectivity index (χ3n) is 2.76. The van der Waals surface area contributed by atoms with Crippen molar-refractivity contribution in [1.82, 2.24) is 19.9 Å². The van der Waals surface area contributed by atoms with Crippen molar-refractivity contribution in [1.29, 1.82) is 0 Å². The predicted molar refractivity (Wildman–Crippen MR) is 67.5 cm³/mol. The summed E-state index contributed by atoms with van der Waals surface area (Å²) in [7, 11) is 0. The predicted octanol–water partition coefficient (Wildman–Crippen LogP) is -0.0982. The molecule has 0 saturated carbocycles. The summed E-state index contributed by atoms with van der Waals surface area (Å²) in [4.78, 5) is 29.6. The molecule has 0 aromatic carbocycles. The fourth-order valence-corrected chi connectivity index (χ4v) is 1.62. The largest absolute Gasteiger partial charge is 0.503 e. The van der Waals surface area contributed by atoms with Gasteiger partial charge >= 0.3 is 0 Å². The Hall–Kier alpha value is -2.57. The smallest absolute Gasteiger partial charge is 0.240 e. The Kier molecular flexibility index (Phi) is 3.65. The van der Waals surface area contributed by atoms with Crippen molar-refractivity contribution < 1.29 is 9.90 Å². The highest BCUT2D eigenvalue weighted by Gasteiger charge is 2.08. The van der Waals surface area contributed by atoms with Crippen LogP contribution < -0.4 is 10.7 Å². The summed E-state index contributed by atoms with van der Waals surface area (Å²) in [5.74, 6) is -0.551. The molecule has 7 heteroatoms. The zero-order valence-electron chi connectivity index (χ0n) is 10.4. The number of nitrogens with one attached hydrogen (secondary N) is 2. The van der Waals surface area contributed by atoms with Gasteiger partial charge in [0.25, 0.3) is 0 Å². The summed E-state index contributed by atoms with van der Waals surface area (Å²) in [5.41, 5.74) is 0.712. The monoisotopic (exact) mass is 262 g/mol. The van der Waals surface area contributed by atoms with E-state index in [9.17, 15) is 14.7 Å². The van der Waals surface area contributed by atoms with Crippen molar-refractivity contribution in [2.24, 2.45) is 0 Å². The topological polar surface area (TPSA) is 100 Å². The quantitative estimate of drug-likeness (QED) is 0.716. The van der Waals surface area contributed by atoms with E-state index in [-0.39, 0.29) is 18.2 Å². The van der Waals surface area contributed by atoms with Crippen LogP contribution in [0.2, 0.25) is 0 Å². The lowest BCUT2D eigenvalue weighted by Gasteiger charge is -2.11. The van der Waals surface area contributed by atoms with Crippen molar-refractivity contribution >= 4 is 5.91 Å². The minimum Gasteiger partial charge on any atom is -0.503 e. The first-order chi connectivity index (χ1) is 9.08. The molecule has 19 heavy (non-hydrogen) atoms. The Morgan fingerprint density at radius 2 is 2.37 bits per heavy atom. The molecule has 2 aromatic rings. The number of pyridine rings is 1. The molecule has 0 radical (unpaired) electrons. The number of hydrogen-bond donors (Lipinski definition) is 3. The molecule has 2 aromatic heterocycles. The van der Waals surface area contributed by atoms with Crippen molar-refractivity contribution in [3.63, 3.8) is 0 Å². The van der Waals surface area contributed by atoms with Crippen LogP contribution in [0, 0.1) is 6.92 Å². The van der Waals surface area contributed by atoms with Gasteiger partial charge in [-0.2, -0.15) is 0 Å². The van der Waals surface area contributed by atoms with Crippen LogP contribution in [0.5, 0.6) is 5.75 Å². The molecule has 0 saturated heterocycles. The molecule has 0 aliphatic rings. The number of imidazole rings is 1. The summed E-state index contributed by atoms with van der Waals surface area (Å²) in [6.07, 6.45) is 4.63. The lowest BCUT2D eigenvalue weighted by molar-refractivity contribution is -0.121. The van der Waals surface area contributed by atoms with E-state index in [1.54, 1.807) is 13.1 Å². The molecule has 100 valence electrons. The number of nitrogens with zero attached hydrogens (tertiary/aromatic N) is 2. The first kappa shape index (κ1) is 12.9. The molecule has 0 atom stereocenters. The third kappa shape index (κ3) is 3.01. The van der Waals surface area contributed by atoms with Gasteiger partial charge in [-0.05, 0) is 6.92 Å². The third-order valence-corrected chi connectivity index (χ3v) is 2.76. The number of H-pyrrole nitrogens is 1. The van der Waals surface area contributed by atoms with Gasteiger partial charge in [0, 0.05) is 18.5 Å². The SMILES string of the molecule is Cc1c(O)c(=O)ccn1CC(=O)NCc1cnc[nH]1. The van der Waals surface area contributed by atoms with Crippen LogP contribution in [-0.2, 0) is 17.9 Å². The first-order valence-corrected chi connectivity index (χ1v) is 5.71. The van der Waals surface area contributed by atoms with Crippen molar-refractivity contribution in [3.8, 4) is 5.75 Å². The second-order valence-electron chi connectivity index (χ2n) is 4.10. The lowest BCUT2D eigenvalue weighted by atomic mass is 10.3. The van der Waals surface area contributed by atoms with Gasteiger partial charge in [-0.3, -0.25) is 9.59 Å². The van der Waals surface area contributed by atoms with Gasteiger partial charge in [0.1, 0.15) is 6.54 Å². The van der Waals surface area contributed by atoms with Gasteiger partial charge < -0.3 is 20.0 Å². The summed E-state index contributed by atoms with van der Waals surface area (Å²) < 4.78 is 1.51. The second kappa shape index (κ2) is 5.38. The normalized spacial score (nSPS) is 10.4. The summed E-state index contributed by atoms with van der Waals surface area (Å²) in [6, 6.07) is 1.23.